The van der Waals surface area contributed by atoms with Crippen LogP contribution in [0.5, 0.6) is 0 Å². The molecule has 1 aliphatic rings. The van der Waals surface area contributed by atoms with Crippen LogP contribution in [0, 0.1) is 5.41 Å². The quantitative estimate of drug-likeness (QED) is 0.765. The van der Waals surface area contributed by atoms with Gasteiger partial charge < -0.3 is 10.6 Å². The molecule has 1 unspecified atom stereocenters. The molecule has 27 heavy (non-hydrogen) atoms. The van der Waals surface area contributed by atoms with Crippen molar-refractivity contribution in [1.82, 2.24) is 5.32 Å². The summed E-state index contributed by atoms with van der Waals surface area (Å²) in [5.74, 6) is -1.18. The molecule has 0 spiro atoms. The Kier molecular flexibility index (Phi) is 4.95. The van der Waals surface area contributed by atoms with E-state index in [4.69, 9.17) is 0 Å². The molecule has 1 fully saturated rings. The van der Waals surface area contributed by atoms with Gasteiger partial charge in [0.1, 0.15) is 5.41 Å². The lowest BCUT2D eigenvalue weighted by atomic mass is 10.0. The van der Waals surface area contributed by atoms with E-state index in [0.717, 1.165) is 11.6 Å². The maximum absolute atomic E-state index is 13.1. The zero-order valence-electron chi connectivity index (χ0n) is 14.6. The van der Waals surface area contributed by atoms with Crippen LogP contribution < -0.4 is 10.6 Å². The van der Waals surface area contributed by atoms with Crippen LogP contribution in [-0.4, -0.2) is 11.8 Å². The smallest absolute Gasteiger partial charge is 0.349 e. The fraction of sp³-hybridized carbons (Fsp3) is 0.300. The first-order valence-electron chi connectivity index (χ1n) is 8.58. The fourth-order valence-electron chi connectivity index (χ4n) is 2.92. The Bertz CT molecular complexity index is 846. The molecule has 2 N–H and O–H groups in total. The molecular weight excluding hydrogens is 357 g/mol. The lowest BCUT2D eigenvalue weighted by molar-refractivity contribution is -0.137. The van der Waals surface area contributed by atoms with Crippen LogP contribution in [0.25, 0.3) is 0 Å². The Hall–Kier alpha value is -2.83. The summed E-state index contributed by atoms with van der Waals surface area (Å²) in [5, 5.41) is 5.08. The number of carbonyl (C=O) groups is 2. The molecule has 0 aromatic heterocycles. The van der Waals surface area contributed by atoms with Gasteiger partial charge in [-0.25, -0.2) is 0 Å². The number of hydrogen-bond acceptors (Lipinski definition) is 2. The van der Waals surface area contributed by atoms with E-state index in [2.05, 4.69) is 10.6 Å². The number of amides is 2. The van der Waals surface area contributed by atoms with Gasteiger partial charge >= 0.3 is 6.18 Å². The number of para-hydroxylation sites is 1. The summed E-state index contributed by atoms with van der Waals surface area (Å²) in [4.78, 5) is 25.2. The van der Waals surface area contributed by atoms with E-state index in [1.165, 1.54) is 18.2 Å². The molecule has 4 nitrogen and oxygen atoms in total. The fourth-order valence-corrected chi connectivity index (χ4v) is 2.92. The van der Waals surface area contributed by atoms with Crippen molar-refractivity contribution in [3.05, 3.63) is 65.7 Å². The molecule has 1 saturated carbocycles. The summed E-state index contributed by atoms with van der Waals surface area (Å²) >= 11 is 0. The normalized spacial score (nSPS) is 16.3. The predicted molar refractivity (Wildman–Crippen MR) is 94.7 cm³/mol. The average Bonchev–Trinajstić information content (AvgIpc) is 3.44. The van der Waals surface area contributed by atoms with Crippen LogP contribution in [0.3, 0.4) is 0 Å². The van der Waals surface area contributed by atoms with Crippen LogP contribution in [0.15, 0.2) is 54.6 Å². The SMILES string of the molecule is CC(NC(=O)C1(C(=O)Nc2ccccc2C(F)(F)F)CC1)c1ccccc1. The highest BCUT2D eigenvalue weighted by molar-refractivity contribution is 6.13. The maximum atomic E-state index is 13.1. The molecule has 0 bridgehead atoms. The van der Waals surface area contributed by atoms with Crippen molar-refractivity contribution in [2.75, 3.05) is 5.32 Å². The number of rotatable bonds is 5. The number of alkyl halides is 3. The van der Waals surface area contributed by atoms with Gasteiger partial charge in [0.05, 0.1) is 17.3 Å². The average molecular weight is 376 g/mol. The van der Waals surface area contributed by atoms with Crippen molar-refractivity contribution >= 4 is 17.5 Å². The van der Waals surface area contributed by atoms with Gasteiger partial charge in [0, 0.05) is 0 Å². The van der Waals surface area contributed by atoms with E-state index in [1.54, 1.807) is 6.92 Å². The third-order valence-electron chi connectivity index (χ3n) is 4.75. The van der Waals surface area contributed by atoms with Gasteiger partial charge in [-0.3, -0.25) is 9.59 Å². The van der Waals surface area contributed by atoms with Gasteiger partial charge in [-0.1, -0.05) is 42.5 Å². The monoisotopic (exact) mass is 376 g/mol. The first kappa shape index (κ1) is 18.9. The molecule has 0 radical (unpaired) electrons. The second kappa shape index (κ2) is 7.06. The van der Waals surface area contributed by atoms with Crippen LogP contribution in [0.1, 0.15) is 36.9 Å². The molecule has 3 rings (SSSR count). The number of benzene rings is 2. The minimum Gasteiger partial charge on any atom is -0.349 e. The summed E-state index contributed by atoms with van der Waals surface area (Å²) in [6, 6.07) is 13.7. The van der Waals surface area contributed by atoms with E-state index in [9.17, 15) is 22.8 Å². The molecule has 0 saturated heterocycles. The van der Waals surface area contributed by atoms with Crippen LogP contribution >= 0.6 is 0 Å². The standard InChI is InChI=1S/C20H19F3N2O2/c1-13(14-7-3-2-4-8-14)24-17(26)19(11-12-19)18(27)25-16-10-6-5-9-15(16)20(21,22)23/h2-10,13H,11-12H2,1H3,(H,24,26)(H,25,27). The first-order chi connectivity index (χ1) is 12.7. The summed E-state index contributed by atoms with van der Waals surface area (Å²) in [6.45, 7) is 1.79. The number of nitrogens with one attached hydrogen (secondary N) is 2. The molecular formula is C20H19F3N2O2. The highest BCUT2D eigenvalue weighted by atomic mass is 19.4. The van der Waals surface area contributed by atoms with Crippen LogP contribution in [-0.2, 0) is 15.8 Å². The van der Waals surface area contributed by atoms with Crippen molar-refractivity contribution in [1.29, 1.82) is 0 Å². The number of anilines is 1. The lowest BCUT2D eigenvalue weighted by Crippen LogP contribution is -2.41. The predicted octanol–water partition coefficient (Wildman–Crippen LogP) is 4.30. The number of hydrogen-bond donors (Lipinski definition) is 2. The van der Waals surface area contributed by atoms with E-state index < -0.39 is 29.0 Å². The third kappa shape index (κ3) is 3.97. The van der Waals surface area contributed by atoms with Crippen molar-refractivity contribution in [3.8, 4) is 0 Å². The molecule has 2 aromatic carbocycles. The van der Waals surface area contributed by atoms with E-state index >= 15 is 0 Å². The minimum atomic E-state index is -4.59. The Morgan fingerprint density at radius 1 is 0.963 bits per heavy atom. The maximum Gasteiger partial charge on any atom is 0.418 e. The van der Waals surface area contributed by atoms with Crippen molar-refractivity contribution in [2.24, 2.45) is 5.41 Å². The molecule has 0 aliphatic heterocycles. The topological polar surface area (TPSA) is 58.2 Å². The highest BCUT2D eigenvalue weighted by Crippen LogP contribution is 2.47. The largest absolute Gasteiger partial charge is 0.418 e. The van der Waals surface area contributed by atoms with Crippen molar-refractivity contribution in [3.63, 3.8) is 0 Å². The first-order valence-corrected chi connectivity index (χ1v) is 8.58. The van der Waals surface area contributed by atoms with E-state index in [-0.39, 0.29) is 11.7 Å². The van der Waals surface area contributed by atoms with Crippen molar-refractivity contribution < 1.29 is 22.8 Å². The molecule has 1 atom stereocenters. The third-order valence-corrected chi connectivity index (χ3v) is 4.75. The van der Waals surface area contributed by atoms with Gasteiger partial charge in [0.15, 0.2) is 0 Å². The number of carbonyl (C=O) groups excluding carboxylic acids is 2. The Morgan fingerprint density at radius 3 is 2.15 bits per heavy atom. The molecule has 142 valence electrons. The van der Waals surface area contributed by atoms with E-state index in [1.807, 2.05) is 30.3 Å². The van der Waals surface area contributed by atoms with Crippen LogP contribution in [0.2, 0.25) is 0 Å². The van der Waals surface area contributed by atoms with Gasteiger partial charge in [-0.2, -0.15) is 13.2 Å². The summed E-state index contributed by atoms with van der Waals surface area (Å²) < 4.78 is 39.3. The zero-order chi connectivity index (χ0) is 19.7. The Balaban J connectivity index is 1.73. The number of halogens is 3. The second-order valence-corrected chi connectivity index (χ2v) is 6.69. The van der Waals surface area contributed by atoms with Crippen LogP contribution in [0.4, 0.5) is 18.9 Å². The summed E-state index contributed by atoms with van der Waals surface area (Å²) in [7, 11) is 0. The van der Waals surface area contributed by atoms with Crippen molar-refractivity contribution in [2.45, 2.75) is 32.0 Å². The van der Waals surface area contributed by atoms with Gasteiger partial charge in [-0.05, 0) is 37.5 Å². The van der Waals surface area contributed by atoms with Gasteiger partial charge in [0.25, 0.3) is 0 Å². The summed E-state index contributed by atoms with van der Waals surface area (Å²) in [5.41, 5.74) is -1.72. The second-order valence-electron chi connectivity index (χ2n) is 6.69. The lowest BCUT2D eigenvalue weighted by Gasteiger charge is -2.21. The Morgan fingerprint density at radius 2 is 1.56 bits per heavy atom. The summed E-state index contributed by atoms with van der Waals surface area (Å²) in [6.07, 6.45) is -3.98. The molecule has 2 amide bonds. The van der Waals surface area contributed by atoms with Gasteiger partial charge in [0.2, 0.25) is 11.8 Å². The van der Waals surface area contributed by atoms with E-state index in [0.29, 0.717) is 12.8 Å². The molecule has 0 heterocycles. The van der Waals surface area contributed by atoms with Gasteiger partial charge in [-0.15, -0.1) is 0 Å². The molecule has 1 aliphatic carbocycles. The zero-order valence-corrected chi connectivity index (χ0v) is 14.6. The Labute approximate surface area is 154 Å². The highest BCUT2D eigenvalue weighted by Gasteiger charge is 2.57. The molecule has 2 aromatic rings. The minimum absolute atomic E-state index is 0.306. The molecule has 7 heteroatoms.